The third kappa shape index (κ3) is 2.87. The lowest BCUT2D eigenvalue weighted by Gasteiger charge is -2.40. The van der Waals surface area contributed by atoms with Gasteiger partial charge in [0.2, 0.25) is 0 Å². The molecule has 0 spiro atoms. The van der Waals surface area contributed by atoms with Crippen LogP contribution in [0.4, 0.5) is 0 Å². The number of benzene rings is 2. The average molecular weight is 507 g/mol. The maximum absolute atomic E-state index is 13.6. The number of amides is 1. The Kier molecular flexibility index (Phi) is 4.41. The Hall–Kier alpha value is -3.62. The second kappa shape index (κ2) is 7.48. The van der Waals surface area contributed by atoms with Gasteiger partial charge in [0.1, 0.15) is 11.6 Å². The molecule has 3 N–H and O–H groups in total. The van der Waals surface area contributed by atoms with Gasteiger partial charge in [-0.05, 0) is 73.4 Å². The molecule has 4 aliphatic rings. The van der Waals surface area contributed by atoms with Crippen LogP contribution in [0.1, 0.15) is 90.2 Å². The molecule has 0 saturated heterocycles. The van der Waals surface area contributed by atoms with E-state index in [2.05, 4.69) is 26.7 Å². The number of nitrogens with zero attached hydrogens (tertiary/aromatic N) is 5. The highest BCUT2D eigenvalue weighted by molar-refractivity contribution is 5.97. The summed E-state index contributed by atoms with van der Waals surface area (Å²) in [5, 5.41) is 11.4. The Morgan fingerprint density at radius 2 is 1.76 bits per heavy atom. The van der Waals surface area contributed by atoms with Crippen molar-refractivity contribution in [3.8, 4) is 11.1 Å². The third-order valence-corrected chi connectivity index (χ3v) is 9.59. The average Bonchev–Trinajstić information content (AvgIpc) is 3.43. The fraction of sp³-hybridized carbons (Fsp3) is 0.400. The van der Waals surface area contributed by atoms with Crippen molar-refractivity contribution in [3.05, 3.63) is 77.1 Å². The van der Waals surface area contributed by atoms with E-state index in [0.29, 0.717) is 5.56 Å². The van der Waals surface area contributed by atoms with Gasteiger partial charge in [0, 0.05) is 37.0 Å². The molecule has 1 amide bonds. The predicted molar refractivity (Wildman–Crippen MR) is 142 cm³/mol. The van der Waals surface area contributed by atoms with Gasteiger partial charge in [-0.25, -0.2) is 15.0 Å². The predicted octanol–water partition coefficient (Wildman–Crippen LogP) is 4.32. The van der Waals surface area contributed by atoms with E-state index in [1.165, 1.54) is 0 Å². The molecule has 0 unspecified atom stereocenters. The van der Waals surface area contributed by atoms with Crippen LogP contribution >= 0.6 is 0 Å². The van der Waals surface area contributed by atoms with Crippen LogP contribution in [0.3, 0.4) is 0 Å². The van der Waals surface area contributed by atoms with E-state index >= 15 is 0 Å². The van der Waals surface area contributed by atoms with E-state index in [-0.39, 0.29) is 23.5 Å². The number of carbonyl (C=O) groups is 1. The fourth-order valence-electron chi connectivity index (χ4n) is 7.00. The molecule has 2 aromatic heterocycles. The van der Waals surface area contributed by atoms with Crippen molar-refractivity contribution in [2.75, 3.05) is 7.05 Å². The van der Waals surface area contributed by atoms with E-state index in [9.17, 15) is 9.90 Å². The van der Waals surface area contributed by atoms with Crippen LogP contribution in [0.25, 0.3) is 22.2 Å². The lowest BCUT2D eigenvalue weighted by molar-refractivity contribution is -0.0398. The zero-order valence-corrected chi connectivity index (χ0v) is 21.4. The molecule has 38 heavy (non-hydrogen) atoms. The van der Waals surface area contributed by atoms with Crippen molar-refractivity contribution in [1.82, 2.24) is 24.4 Å². The number of hydrogen-bond acceptors (Lipinski definition) is 6. The van der Waals surface area contributed by atoms with Crippen molar-refractivity contribution in [1.29, 1.82) is 0 Å². The number of nitrogens with two attached hydrogens (primary N) is 1. The molecular weight excluding hydrogens is 476 g/mol. The van der Waals surface area contributed by atoms with Gasteiger partial charge in [-0.15, -0.1) is 0 Å². The Morgan fingerprint density at radius 1 is 1.00 bits per heavy atom. The first kappa shape index (κ1) is 22.4. The van der Waals surface area contributed by atoms with Gasteiger partial charge in [0.15, 0.2) is 0 Å². The molecule has 4 aromatic rings. The monoisotopic (exact) mass is 506 g/mol. The van der Waals surface area contributed by atoms with Gasteiger partial charge >= 0.3 is 0 Å². The zero-order valence-electron chi connectivity index (χ0n) is 21.4. The SMILES string of the molecule is CN1C(=O)c2cccc(C3(O)CCC3)c2[C@H]2C[C@@H]1c1nc3ccc(-c4cnc(C5(N)CCC5)nc4)cc3n12. The number of carbonyl (C=O) groups excluding carboxylic acids is 1. The van der Waals surface area contributed by atoms with Gasteiger partial charge in [-0.1, -0.05) is 18.2 Å². The Labute approximate surface area is 220 Å². The topological polar surface area (TPSA) is 110 Å². The van der Waals surface area contributed by atoms with Crippen molar-refractivity contribution >= 4 is 16.9 Å². The first-order valence-corrected chi connectivity index (χ1v) is 13.6. The number of aromatic nitrogens is 4. The second-order valence-corrected chi connectivity index (χ2v) is 11.7. The van der Waals surface area contributed by atoms with Gasteiger partial charge in [-0.2, -0.15) is 0 Å². The summed E-state index contributed by atoms with van der Waals surface area (Å²) in [6.07, 6.45) is 9.92. The molecule has 8 nitrogen and oxygen atoms in total. The number of aliphatic hydroxyl groups is 1. The summed E-state index contributed by atoms with van der Waals surface area (Å²) in [5.41, 5.74) is 11.6. The second-order valence-electron chi connectivity index (χ2n) is 11.7. The Balaban J connectivity index is 1.28. The van der Waals surface area contributed by atoms with E-state index in [4.69, 9.17) is 10.7 Å². The fourth-order valence-corrected chi connectivity index (χ4v) is 7.00. The highest BCUT2D eigenvalue weighted by atomic mass is 16.3. The van der Waals surface area contributed by atoms with E-state index < -0.39 is 5.60 Å². The molecule has 0 radical (unpaired) electrons. The third-order valence-electron chi connectivity index (χ3n) is 9.59. The smallest absolute Gasteiger partial charge is 0.254 e. The van der Waals surface area contributed by atoms with Crippen LogP contribution in [0.5, 0.6) is 0 Å². The highest BCUT2D eigenvalue weighted by Gasteiger charge is 2.48. The number of imidazole rings is 1. The first-order valence-electron chi connectivity index (χ1n) is 13.6. The van der Waals surface area contributed by atoms with Crippen molar-refractivity contribution in [3.63, 3.8) is 0 Å². The van der Waals surface area contributed by atoms with E-state index in [1.807, 2.05) is 48.6 Å². The quantitative estimate of drug-likeness (QED) is 0.428. The van der Waals surface area contributed by atoms with E-state index in [0.717, 1.165) is 89.9 Å². The first-order chi connectivity index (χ1) is 18.4. The van der Waals surface area contributed by atoms with Crippen LogP contribution in [0.2, 0.25) is 0 Å². The molecule has 8 rings (SSSR count). The van der Waals surface area contributed by atoms with E-state index in [1.54, 1.807) is 0 Å². The Morgan fingerprint density at radius 3 is 2.45 bits per heavy atom. The van der Waals surface area contributed by atoms with Crippen molar-refractivity contribution < 1.29 is 9.90 Å². The summed E-state index contributed by atoms with van der Waals surface area (Å²) in [6, 6.07) is 11.9. The van der Waals surface area contributed by atoms with Gasteiger partial charge in [0.25, 0.3) is 5.91 Å². The number of fused-ring (bicyclic) bond motifs is 9. The number of rotatable bonds is 3. The normalized spacial score (nSPS) is 24.4. The largest absolute Gasteiger partial charge is 0.385 e. The molecule has 2 aliphatic heterocycles. The van der Waals surface area contributed by atoms with Crippen molar-refractivity contribution in [2.45, 2.75) is 68.2 Å². The van der Waals surface area contributed by atoms with Gasteiger partial charge in [0.05, 0.1) is 34.3 Å². The Bertz CT molecular complexity index is 1630. The maximum Gasteiger partial charge on any atom is 0.254 e. The number of hydrogen-bond donors (Lipinski definition) is 2. The summed E-state index contributed by atoms with van der Waals surface area (Å²) < 4.78 is 2.30. The molecule has 192 valence electrons. The lowest BCUT2D eigenvalue weighted by atomic mass is 9.71. The van der Waals surface area contributed by atoms with Crippen LogP contribution in [-0.2, 0) is 11.1 Å². The highest BCUT2D eigenvalue weighted by Crippen LogP contribution is 2.52. The molecule has 4 heterocycles. The summed E-state index contributed by atoms with van der Waals surface area (Å²) in [7, 11) is 1.87. The van der Waals surface area contributed by atoms with Gasteiger partial charge < -0.3 is 20.3 Å². The molecule has 2 aliphatic carbocycles. The molecule has 2 saturated carbocycles. The minimum absolute atomic E-state index is 0.00218. The molecule has 2 fully saturated rings. The van der Waals surface area contributed by atoms with Crippen molar-refractivity contribution in [2.24, 2.45) is 5.73 Å². The molecular formula is C30H30N6O2. The molecule has 2 aromatic carbocycles. The molecule has 2 atom stereocenters. The van der Waals surface area contributed by atoms with Crippen LogP contribution in [0, 0.1) is 0 Å². The lowest BCUT2D eigenvalue weighted by Crippen LogP contribution is -2.44. The van der Waals surface area contributed by atoms with Gasteiger partial charge in [-0.3, -0.25) is 4.79 Å². The summed E-state index contributed by atoms with van der Waals surface area (Å²) >= 11 is 0. The summed E-state index contributed by atoms with van der Waals surface area (Å²) in [6.45, 7) is 0. The maximum atomic E-state index is 13.6. The van der Waals surface area contributed by atoms with Crippen LogP contribution < -0.4 is 5.73 Å². The minimum Gasteiger partial charge on any atom is -0.385 e. The summed E-state index contributed by atoms with van der Waals surface area (Å²) in [4.78, 5) is 29.7. The van der Waals surface area contributed by atoms with Crippen LogP contribution in [0.15, 0.2) is 48.8 Å². The molecule has 2 bridgehead atoms. The zero-order chi connectivity index (χ0) is 25.8. The van der Waals surface area contributed by atoms with Crippen LogP contribution in [-0.4, -0.2) is 42.5 Å². The molecule has 8 heteroatoms. The minimum atomic E-state index is -0.867. The summed E-state index contributed by atoms with van der Waals surface area (Å²) in [5.74, 6) is 1.62. The standard InChI is InChI=1S/C30H30N6O2/c1-35-24-14-23(25-19(27(35)37)5-2-6-20(25)30(38)11-4-12-30)36-22-13-17(7-8-21(22)34-26(24)36)18-15-32-28(33-16-18)29(31)9-3-10-29/h2,5-8,13,15-16,23-24,38H,3-4,9-12,14,31H2,1H3/t23-,24-/m1/s1.